The van der Waals surface area contributed by atoms with Crippen LogP contribution in [-0.2, 0) is 4.79 Å². The Bertz CT molecular complexity index is 470. The predicted octanol–water partition coefficient (Wildman–Crippen LogP) is 3.93. The third kappa shape index (κ3) is 3.37. The molecule has 1 aliphatic carbocycles. The Morgan fingerprint density at radius 2 is 2.20 bits per heavy atom. The van der Waals surface area contributed by atoms with Gasteiger partial charge >= 0.3 is 5.97 Å². The molecule has 1 heterocycles. The molecule has 1 aliphatic rings. The van der Waals surface area contributed by atoms with E-state index >= 15 is 0 Å². The smallest absolute Gasteiger partial charge is 0.313 e. The number of rotatable bonds is 5. The molecule has 2 unspecified atom stereocenters. The molecule has 0 spiro atoms. The van der Waals surface area contributed by atoms with Gasteiger partial charge in [0.05, 0.1) is 5.75 Å². The van der Waals surface area contributed by atoms with Crippen molar-refractivity contribution in [2.45, 2.75) is 63.6 Å². The average molecular weight is 296 g/mol. The van der Waals surface area contributed by atoms with E-state index in [2.05, 4.69) is 30.3 Å². The molecule has 2 rings (SSSR count). The second-order valence-electron chi connectivity index (χ2n) is 6.00. The summed E-state index contributed by atoms with van der Waals surface area (Å²) in [6.45, 7) is 6.65. The summed E-state index contributed by atoms with van der Waals surface area (Å²) in [4.78, 5) is 15.3. The van der Waals surface area contributed by atoms with E-state index in [1.54, 1.807) is 0 Å². The first kappa shape index (κ1) is 15.4. The number of aromatic nitrogens is 2. The number of aliphatic carboxylic acids is 1. The summed E-state index contributed by atoms with van der Waals surface area (Å²) in [7, 11) is 0. The van der Waals surface area contributed by atoms with Crippen molar-refractivity contribution in [3.8, 4) is 0 Å². The number of imidazole rings is 1. The zero-order valence-electron chi connectivity index (χ0n) is 12.5. The Hall–Kier alpha value is -0.970. The van der Waals surface area contributed by atoms with E-state index in [4.69, 9.17) is 5.11 Å². The topological polar surface area (TPSA) is 55.1 Å². The largest absolute Gasteiger partial charge is 0.481 e. The van der Waals surface area contributed by atoms with Crippen molar-refractivity contribution in [2.75, 3.05) is 5.75 Å². The van der Waals surface area contributed by atoms with Crippen LogP contribution < -0.4 is 0 Å². The monoisotopic (exact) mass is 296 g/mol. The van der Waals surface area contributed by atoms with Crippen molar-refractivity contribution in [2.24, 2.45) is 5.92 Å². The first-order valence-corrected chi connectivity index (χ1v) is 8.41. The number of hydrogen-bond acceptors (Lipinski definition) is 3. The molecule has 5 heteroatoms. The molecule has 1 saturated carbocycles. The Kier molecular flexibility index (Phi) is 5.13. The number of thioether (sulfide) groups is 1. The Balaban J connectivity index is 2.30. The highest BCUT2D eigenvalue weighted by molar-refractivity contribution is 7.99. The summed E-state index contributed by atoms with van der Waals surface area (Å²) in [5, 5.41) is 9.76. The molecule has 0 saturated heterocycles. The van der Waals surface area contributed by atoms with E-state index in [1.165, 1.54) is 43.1 Å². The molecule has 1 N–H and O–H groups in total. The molecular weight excluding hydrogens is 272 g/mol. The van der Waals surface area contributed by atoms with Crippen LogP contribution >= 0.6 is 11.8 Å². The fourth-order valence-corrected chi connectivity index (χ4v) is 3.79. The Morgan fingerprint density at radius 1 is 1.50 bits per heavy atom. The van der Waals surface area contributed by atoms with Gasteiger partial charge in [0.15, 0.2) is 5.16 Å². The lowest BCUT2D eigenvalue weighted by Gasteiger charge is -2.33. The molecule has 112 valence electrons. The first-order valence-electron chi connectivity index (χ1n) is 7.42. The van der Waals surface area contributed by atoms with Crippen LogP contribution in [0.3, 0.4) is 0 Å². The zero-order chi connectivity index (χ0) is 14.7. The fraction of sp³-hybridized carbons (Fsp3) is 0.733. The van der Waals surface area contributed by atoms with Crippen molar-refractivity contribution < 1.29 is 9.90 Å². The van der Waals surface area contributed by atoms with Gasteiger partial charge in [-0.15, -0.1) is 0 Å². The van der Waals surface area contributed by atoms with Crippen LogP contribution in [0.4, 0.5) is 0 Å². The van der Waals surface area contributed by atoms with E-state index in [1.807, 2.05) is 6.20 Å². The van der Waals surface area contributed by atoms with E-state index in [-0.39, 0.29) is 5.75 Å². The number of carbonyl (C=O) groups is 1. The van der Waals surface area contributed by atoms with Crippen LogP contribution in [0, 0.1) is 5.92 Å². The lowest BCUT2D eigenvalue weighted by Crippen LogP contribution is -2.24. The minimum absolute atomic E-state index is 0.0790. The summed E-state index contributed by atoms with van der Waals surface area (Å²) in [5.41, 5.74) is 1.23. The van der Waals surface area contributed by atoms with Gasteiger partial charge < -0.3 is 9.67 Å². The number of carboxylic acids is 1. The van der Waals surface area contributed by atoms with Gasteiger partial charge in [0, 0.05) is 17.9 Å². The van der Waals surface area contributed by atoms with Gasteiger partial charge in [-0.2, -0.15) is 0 Å². The minimum atomic E-state index is -0.785. The lowest BCUT2D eigenvalue weighted by molar-refractivity contribution is -0.133. The van der Waals surface area contributed by atoms with Gasteiger partial charge in [-0.3, -0.25) is 4.79 Å². The highest BCUT2D eigenvalue weighted by Gasteiger charge is 2.28. The van der Waals surface area contributed by atoms with Crippen LogP contribution in [-0.4, -0.2) is 26.4 Å². The second-order valence-corrected chi connectivity index (χ2v) is 6.94. The van der Waals surface area contributed by atoms with Crippen molar-refractivity contribution in [1.82, 2.24) is 9.55 Å². The third-order valence-corrected chi connectivity index (χ3v) is 5.06. The summed E-state index contributed by atoms with van der Waals surface area (Å²) in [5.74, 6) is 0.345. The van der Waals surface area contributed by atoms with Crippen LogP contribution in [0.15, 0.2) is 11.4 Å². The van der Waals surface area contributed by atoms with Gasteiger partial charge in [0.1, 0.15) is 0 Å². The van der Waals surface area contributed by atoms with Crippen molar-refractivity contribution in [3.05, 3.63) is 11.9 Å². The SMILES string of the molecule is CC(C)c1cnc(SCC(=O)O)n1C1CCCCC1C. The van der Waals surface area contributed by atoms with Crippen molar-refractivity contribution in [3.63, 3.8) is 0 Å². The van der Waals surface area contributed by atoms with Crippen molar-refractivity contribution in [1.29, 1.82) is 0 Å². The van der Waals surface area contributed by atoms with Gasteiger partial charge in [-0.1, -0.05) is 45.4 Å². The normalized spacial score (nSPS) is 23.2. The predicted molar refractivity (Wildman–Crippen MR) is 81.3 cm³/mol. The van der Waals surface area contributed by atoms with E-state index in [9.17, 15) is 4.79 Å². The summed E-state index contributed by atoms with van der Waals surface area (Å²) in [6.07, 6.45) is 6.92. The number of hydrogen-bond donors (Lipinski definition) is 1. The molecule has 2 atom stereocenters. The third-order valence-electron chi connectivity index (χ3n) is 4.11. The van der Waals surface area contributed by atoms with Crippen LogP contribution in [0.5, 0.6) is 0 Å². The van der Waals surface area contributed by atoms with Crippen LogP contribution in [0.25, 0.3) is 0 Å². The molecule has 0 amide bonds. The van der Waals surface area contributed by atoms with E-state index in [0.717, 1.165) is 5.16 Å². The van der Waals surface area contributed by atoms with Gasteiger partial charge in [-0.05, 0) is 24.7 Å². The molecule has 0 radical (unpaired) electrons. The summed E-state index contributed by atoms with van der Waals surface area (Å²) < 4.78 is 2.32. The van der Waals surface area contributed by atoms with Gasteiger partial charge in [0.2, 0.25) is 0 Å². The van der Waals surface area contributed by atoms with Crippen molar-refractivity contribution >= 4 is 17.7 Å². The maximum atomic E-state index is 10.8. The minimum Gasteiger partial charge on any atom is -0.481 e. The Morgan fingerprint density at radius 3 is 2.80 bits per heavy atom. The molecule has 4 nitrogen and oxygen atoms in total. The van der Waals surface area contributed by atoms with E-state index < -0.39 is 5.97 Å². The number of nitrogens with zero attached hydrogens (tertiary/aromatic N) is 2. The molecule has 1 aromatic rings. The quantitative estimate of drug-likeness (QED) is 0.836. The summed E-state index contributed by atoms with van der Waals surface area (Å²) in [6, 6.07) is 0.472. The maximum absolute atomic E-state index is 10.8. The molecule has 1 aromatic heterocycles. The van der Waals surface area contributed by atoms with Gasteiger partial charge in [-0.25, -0.2) is 4.98 Å². The molecule has 0 aliphatic heterocycles. The lowest BCUT2D eigenvalue weighted by atomic mass is 9.85. The average Bonchev–Trinajstić information content (AvgIpc) is 2.80. The van der Waals surface area contributed by atoms with Crippen LogP contribution in [0.1, 0.15) is 64.1 Å². The van der Waals surface area contributed by atoms with E-state index in [0.29, 0.717) is 17.9 Å². The number of carboxylic acid groups (broad SMARTS) is 1. The standard InChI is InChI=1S/C15H24N2O2S/c1-10(2)13-8-16-15(20-9-14(18)19)17(13)12-7-5-4-6-11(12)3/h8,10-12H,4-7,9H2,1-3H3,(H,18,19). The maximum Gasteiger partial charge on any atom is 0.313 e. The van der Waals surface area contributed by atoms with Crippen LogP contribution in [0.2, 0.25) is 0 Å². The van der Waals surface area contributed by atoms with Gasteiger partial charge in [0.25, 0.3) is 0 Å². The molecule has 0 aromatic carbocycles. The highest BCUT2D eigenvalue weighted by Crippen LogP contribution is 2.38. The molecule has 1 fully saturated rings. The highest BCUT2D eigenvalue weighted by atomic mass is 32.2. The molecule has 0 bridgehead atoms. The molecule has 20 heavy (non-hydrogen) atoms. The first-order chi connectivity index (χ1) is 9.50. The fourth-order valence-electron chi connectivity index (χ4n) is 3.03. The molecular formula is C15H24N2O2S. The zero-order valence-corrected chi connectivity index (χ0v) is 13.3. The second kappa shape index (κ2) is 6.66. The Labute approximate surface area is 125 Å². The summed E-state index contributed by atoms with van der Waals surface area (Å²) >= 11 is 1.34.